The largest absolute Gasteiger partial charge is 0.415 e. The van der Waals surface area contributed by atoms with Gasteiger partial charge in [-0.2, -0.15) is 12.1 Å². The van der Waals surface area contributed by atoms with Crippen LogP contribution in [0, 0.1) is 0 Å². The Bertz CT molecular complexity index is 267. The lowest BCUT2D eigenvalue weighted by Crippen LogP contribution is -2.40. The molecule has 0 aromatic heterocycles. The van der Waals surface area contributed by atoms with Crippen LogP contribution in [0.3, 0.4) is 0 Å². The standard InChI is InChI=1S/C12H21OSi/c1-12(2,3)14(4,5)13-10-11-8-6-7-9-11/h6-9H,10H2,1-5H3/q-1. The molecule has 1 aromatic carbocycles. The first kappa shape index (κ1) is 11.6. The van der Waals surface area contributed by atoms with Crippen molar-refractivity contribution >= 4 is 8.32 Å². The van der Waals surface area contributed by atoms with E-state index in [-0.39, 0.29) is 0 Å². The zero-order valence-electron chi connectivity index (χ0n) is 9.92. The molecule has 0 N–H and O–H groups in total. The van der Waals surface area contributed by atoms with Crippen LogP contribution in [0.2, 0.25) is 18.1 Å². The maximum atomic E-state index is 6.08. The third-order valence-electron chi connectivity index (χ3n) is 3.14. The Labute approximate surface area is 88.6 Å². The van der Waals surface area contributed by atoms with Gasteiger partial charge in [-0.3, -0.25) is 0 Å². The predicted octanol–water partition coefficient (Wildman–Crippen LogP) is 3.93. The van der Waals surface area contributed by atoms with E-state index in [0.29, 0.717) is 5.04 Å². The Morgan fingerprint density at radius 1 is 1.36 bits per heavy atom. The second-order valence-corrected chi connectivity index (χ2v) is 10.2. The third kappa shape index (κ3) is 2.76. The Morgan fingerprint density at radius 2 is 2.00 bits per heavy atom. The second-order valence-electron chi connectivity index (χ2n) is 5.34. The minimum Gasteiger partial charge on any atom is -0.415 e. The summed E-state index contributed by atoms with van der Waals surface area (Å²) in [5.74, 6) is 0. The monoisotopic (exact) mass is 209 g/mol. The van der Waals surface area contributed by atoms with E-state index in [4.69, 9.17) is 4.43 Å². The number of hydrogen-bond acceptors (Lipinski definition) is 1. The molecular formula is C12H21OSi-. The van der Waals surface area contributed by atoms with E-state index in [1.54, 1.807) is 0 Å². The summed E-state index contributed by atoms with van der Waals surface area (Å²) < 4.78 is 6.08. The van der Waals surface area contributed by atoms with E-state index in [0.717, 1.165) is 6.61 Å². The summed E-state index contributed by atoms with van der Waals surface area (Å²) in [6.07, 6.45) is 0. The zero-order valence-corrected chi connectivity index (χ0v) is 10.9. The second kappa shape index (κ2) is 3.95. The van der Waals surface area contributed by atoms with Crippen molar-refractivity contribution in [3.63, 3.8) is 0 Å². The SMILES string of the molecule is CC(C)(C)[Si](C)(C)OCc1ccc[cH-]1. The van der Waals surface area contributed by atoms with Crippen molar-refractivity contribution in [2.75, 3.05) is 0 Å². The summed E-state index contributed by atoms with van der Waals surface area (Å²) in [5.41, 5.74) is 1.29. The van der Waals surface area contributed by atoms with Gasteiger partial charge >= 0.3 is 0 Å². The lowest BCUT2D eigenvalue weighted by Gasteiger charge is -2.36. The van der Waals surface area contributed by atoms with Crippen LogP contribution < -0.4 is 0 Å². The van der Waals surface area contributed by atoms with Crippen molar-refractivity contribution in [1.29, 1.82) is 0 Å². The van der Waals surface area contributed by atoms with Gasteiger partial charge in [0.25, 0.3) is 0 Å². The Morgan fingerprint density at radius 3 is 2.43 bits per heavy atom. The van der Waals surface area contributed by atoms with Gasteiger partial charge in [0.1, 0.15) is 0 Å². The van der Waals surface area contributed by atoms with E-state index in [2.05, 4.69) is 58.1 Å². The summed E-state index contributed by atoms with van der Waals surface area (Å²) in [6, 6.07) is 8.36. The topological polar surface area (TPSA) is 9.23 Å². The van der Waals surface area contributed by atoms with E-state index in [1.807, 2.05) is 0 Å². The molecule has 0 amide bonds. The Hall–Kier alpha value is -0.473. The van der Waals surface area contributed by atoms with Crippen LogP contribution in [0.4, 0.5) is 0 Å². The van der Waals surface area contributed by atoms with Gasteiger partial charge in [-0.05, 0) is 18.1 Å². The number of hydrogen-bond donors (Lipinski definition) is 0. The minimum absolute atomic E-state index is 0.305. The van der Waals surface area contributed by atoms with Gasteiger partial charge in [-0.15, -0.1) is 5.56 Å². The summed E-state index contributed by atoms with van der Waals surface area (Å²) in [7, 11) is -1.56. The van der Waals surface area contributed by atoms with Crippen LogP contribution >= 0.6 is 0 Å². The van der Waals surface area contributed by atoms with E-state index in [9.17, 15) is 0 Å². The summed E-state index contributed by atoms with van der Waals surface area (Å²) in [6.45, 7) is 12.1. The van der Waals surface area contributed by atoms with Crippen LogP contribution in [0.5, 0.6) is 0 Å². The molecule has 0 aliphatic carbocycles. The van der Waals surface area contributed by atoms with E-state index < -0.39 is 8.32 Å². The van der Waals surface area contributed by atoms with E-state index >= 15 is 0 Å². The van der Waals surface area contributed by atoms with Gasteiger partial charge in [0, 0.05) is 6.61 Å². The average Bonchev–Trinajstić information content (AvgIpc) is 2.50. The predicted molar refractivity (Wildman–Crippen MR) is 64.0 cm³/mol. The van der Waals surface area contributed by atoms with Crippen molar-refractivity contribution in [2.45, 2.75) is 45.5 Å². The minimum atomic E-state index is -1.56. The normalized spacial score (nSPS) is 13.2. The average molecular weight is 209 g/mol. The quantitative estimate of drug-likeness (QED) is 0.541. The molecule has 0 unspecified atom stereocenters. The number of rotatable bonds is 3. The first-order valence-electron chi connectivity index (χ1n) is 5.17. The fourth-order valence-electron chi connectivity index (χ4n) is 0.990. The maximum absolute atomic E-state index is 6.08. The van der Waals surface area contributed by atoms with Crippen molar-refractivity contribution in [2.24, 2.45) is 0 Å². The molecule has 1 rings (SSSR count). The lowest BCUT2D eigenvalue weighted by molar-refractivity contribution is 0.276. The fraction of sp³-hybridized carbons (Fsp3) is 0.583. The molecule has 0 saturated heterocycles. The summed E-state index contributed by atoms with van der Waals surface area (Å²) in [4.78, 5) is 0. The zero-order chi connectivity index (χ0) is 10.8. The smallest absolute Gasteiger partial charge is 0.192 e. The highest BCUT2D eigenvalue weighted by Crippen LogP contribution is 2.36. The third-order valence-corrected chi connectivity index (χ3v) is 7.62. The molecular weight excluding hydrogens is 188 g/mol. The molecule has 0 spiro atoms. The molecule has 0 aliphatic heterocycles. The molecule has 0 aliphatic rings. The highest BCUT2D eigenvalue weighted by molar-refractivity contribution is 6.74. The van der Waals surface area contributed by atoms with Gasteiger partial charge in [0.15, 0.2) is 8.32 Å². The van der Waals surface area contributed by atoms with Crippen LogP contribution in [-0.2, 0) is 11.0 Å². The maximum Gasteiger partial charge on any atom is 0.192 e. The van der Waals surface area contributed by atoms with Crippen LogP contribution in [0.1, 0.15) is 26.3 Å². The molecule has 0 fully saturated rings. The van der Waals surface area contributed by atoms with Gasteiger partial charge < -0.3 is 4.43 Å². The van der Waals surface area contributed by atoms with Crippen molar-refractivity contribution in [1.82, 2.24) is 0 Å². The van der Waals surface area contributed by atoms with Crippen LogP contribution in [-0.4, -0.2) is 8.32 Å². The van der Waals surface area contributed by atoms with Gasteiger partial charge in [-0.25, -0.2) is 12.1 Å². The molecule has 0 radical (unpaired) electrons. The molecule has 2 heteroatoms. The molecule has 0 bridgehead atoms. The Kier molecular flexibility index (Phi) is 3.27. The summed E-state index contributed by atoms with van der Waals surface area (Å²) >= 11 is 0. The molecule has 0 atom stereocenters. The van der Waals surface area contributed by atoms with Crippen molar-refractivity contribution in [3.8, 4) is 0 Å². The molecule has 1 nitrogen and oxygen atoms in total. The van der Waals surface area contributed by atoms with Crippen LogP contribution in [0.25, 0.3) is 0 Å². The highest BCUT2D eigenvalue weighted by Gasteiger charge is 2.36. The Balaban J connectivity index is 2.53. The first-order chi connectivity index (χ1) is 6.33. The molecule has 80 valence electrons. The summed E-state index contributed by atoms with van der Waals surface area (Å²) in [5, 5.41) is 0.305. The molecule has 0 saturated carbocycles. The highest BCUT2D eigenvalue weighted by atomic mass is 28.4. The first-order valence-corrected chi connectivity index (χ1v) is 8.08. The van der Waals surface area contributed by atoms with Crippen molar-refractivity contribution in [3.05, 3.63) is 29.8 Å². The van der Waals surface area contributed by atoms with E-state index in [1.165, 1.54) is 5.56 Å². The van der Waals surface area contributed by atoms with Crippen LogP contribution in [0.15, 0.2) is 24.3 Å². The lowest BCUT2D eigenvalue weighted by atomic mass is 10.2. The molecule has 1 aromatic rings. The molecule has 0 heterocycles. The van der Waals surface area contributed by atoms with Crippen molar-refractivity contribution < 1.29 is 4.43 Å². The fourth-order valence-corrected chi connectivity index (χ4v) is 1.95. The van der Waals surface area contributed by atoms with Gasteiger partial charge in [0.05, 0.1) is 0 Å². The van der Waals surface area contributed by atoms with Gasteiger partial charge in [0.2, 0.25) is 0 Å². The molecule has 14 heavy (non-hydrogen) atoms. The van der Waals surface area contributed by atoms with Gasteiger partial charge in [-0.1, -0.05) is 20.8 Å².